The second kappa shape index (κ2) is 6.29. The third-order valence-electron chi connectivity index (χ3n) is 3.65. The van der Waals surface area contributed by atoms with Crippen molar-refractivity contribution in [1.29, 1.82) is 0 Å². The van der Waals surface area contributed by atoms with Crippen LogP contribution in [0.2, 0.25) is 0 Å². The molecule has 1 fully saturated rings. The maximum atomic E-state index is 12.1. The second-order valence-electron chi connectivity index (χ2n) is 5.25. The van der Waals surface area contributed by atoms with E-state index in [-0.39, 0.29) is 24.4 Å². The summed E-state index contributed by atoms with van der Waals surface area (Å²) in [5.41, 5.74) is 3.10. The molecule has 0 saturated carbocycles. The van der Waals surface area contributed by atoms with Gasteiger partial charge in [0.15, 0.2) is 0 Å². The Labute approximate surface area is 124 Å². The smallest absolute Gasteiger partial charge is 0.241 e. The molecule has 2 aromatic rings. The third kappa shape index (κ3) is 3.14. The number of nitrogens with one attached hydrogen (secondary N) is 3. The second-order valence-corrected chi connectivity index (χ2v) is 5.25. The van der Waals surface area contributed by atoms with Crippen LogP contribution < -0.4 is 10.6 Å². The van der Waals surface area contributed by atoms with Crippen LogP contribution in [-0.2, 0) is 4.79 Å². The first-order valence-corrected chi connectivity index (χ1v) is 6.86. The summed E-state index contributed by atoms with van der Waals surface area (Å²) < 4.78 is 0. The maximum Gasteiger partial charge on any atom is 0.241 e. The van der Waals surface area contributed by atoms with Crippen LogP contribution in [0.3, 0.4) is 0 Å². The van der Waals surface area contributed by atoms with Gasteiger partial charge in [-0.05, 0) is 50.6 Å². The number of amides is 1. The number of carbonyl (C=O) groups excluding carboxylic acids is 1. The number of hydrogen-bond donors (Lipinski definition) is 3. The summed E-state index contributed by atoms with van der Waals surface area (Å²) in [4.78, 5) is 15.4. The number of aromatic nitrogens is 1. The molecule has 2 heterocycles. The summed E-state index contributed by atoms with van der Waals surface area (Å²) in [6, 6.07) is 8.01. The molecular weight excluding hydrogens is 274 g/mol. The minimum atomic E-state index is -0.0441. The first-order chi connectivity index (χ1) is 9.22. The first kappa shape index (κ1) is 14.9. The number of H-pyrrole nitrogens is 1. The van der Waals surface area contributed by atoms with E-state index < -0.39 is 0 Å². The Kier molecular flexibility index (Phi) is 4.68. The summed E-state index contributed by atoms with van der Waals surface area (Å²) in [6.45, 7) is 2.97. The molecule has 0 aliphatic carbocycles. The first-order valence-electron chi connectivity index (χ1n) is 6.86. The van der Waals surface area contributed by atoms with Gasteiger partial charge in [0.2, 0.25) is 5.91 Å². The third-order valence-corrected chi connectivity index (χ3v) is 3.65. The number of rotatable bonds is 2. The highest BCUT2D eigenvalue weighted by Crippen LogP contribution is 2.20. The van der Waals surface area contributed by atoms with Crippen LogP contribution in [-0.4, -0.2) is 23.5 Å². The predicted molar refractivity (Wildman–Crippen MR) is 84.6 cm³/mol. The van der Waals surface area contributed by atoms with Crippen LogP contribution in [0, 0.1) is 6.92 Å². The molecule has 1 unspecified atom stereocenters. The molecule has 3 N–H and O–H groups in total. The van der Waals surface area contributed by atoms with Crippen molar-refractivity contribution < 1.29 is 4.79 Å². The average Bonchev–Trinajstić information content (AvgIpc) is 2.79. The number of piperidine rings is 1. The van der Waals surface area contributed by atoms with Crippen LogP contribution in [0.4, 0.5) is 5.69 Å². The van der Waals surface area contributed by atoms with Gasteiger partial charge >= 0.3 is 0 Å². The van der Waals surface area contributed by atoms with Gasteiger partial charge in [-0.2, -0.15) is 0 Å². The number of anilines is 1. The largest absolute Gasteiger partial charge is 0.359 e. The van der Waals surface area contributed by atoms with Gasteiger partial charge < -0.3 is 15.6 Å². The van der Waals surface area contributed by atoms with E-state index in [1.807, 2.05) is 25.1 Å². The van der Waals surface area contributed by atoms with E-state index in [4.69, 9.17) is 0 Å². The number of benzene rings is 1. The Balaban J connectivity index is 0.00000147. The fraction of sp³-hybridized carbons (Fsp3) is 0.400. The molecule has 0 bridgehead atoms. The number of aryl methyl sites for hydroxylation is 1. The van der Waals surface area contributed by atoms with Crippen LogP contribution in [0.15, 0.2) is 24.3 Å². The molecule has 1 aromatic heterocycles. The van der Waals surface area contributed by atoms with E-state index >= 15 is 0 Å². The highest BCUT2D eigenvalue weighted by atomic mass is 35.5. The van der Waals surface area contributed by atoms with E-state index in [1.165, 1.54) is 6.42 Å². The Morgan fingerprint density at radius 3 is 2.90 bits per heavy atom. The minimum absolute atomic E-state index is 0. The standard InChI is InChI=1S/C15H19N3O.ClH/c1-10-8-11-9-12(5-6-13(11)17-10)18-15(19)14-4-2-3-7-16-14;/h5-6,8-9,14,16-17H,2-4,7H2,1H3,(H,18,19);1H. The molecule has 20 heavy (non-hydrogen) atoms. The lowest BCUT2D eigenvalue weighted by molar-refractivity contribution is -0.118. The van der Waals surface area contributed by atoms with E-state index in [0.29, 0.717) is 0 Å². The Morgan fingerprint density at radius 2 is 2.15 bits per heavy atom. The maximum absolute atomic E-state index is 12.1. The molecule has 0 spiro atoms. The van der Waals surface area contributed by atoms with Crippen molar-refractivity contribution in [3.63, 3.8) is 0 Å². The van der Waals surface area contributed by atoms with Crippen molar-refractivity contribution in [2.45, 2.75) is 32.2 Å². The van der Waals surface area contributed by atoms with E-state index in [9.17, 15) is 4.79 Å². The molecule has 1 atom stereocenters. The quantitative estimate of drug-likeness (QED) is 0.797. The van der Waals surface area contributed by atoms with Crippen molar-refractivity contribution in [2.75, 3.05) is 11.9 Å². The minimum Gasteiger partial charge on any atom is -0.359 e. The molecule has 1 aliphatic heterocycles. The summed E-state index contributed by atoms with van der Waals surface area (Å²) in [7, 11) is 0. The highest BCUT2D eigenvalue weighted by molar-refractivity contribution is 5.97. The lowest BCUT2D eigenvalue weighted by Gasteiger charge is -2.22. The number of hydrogen-bond acceptors (Lipinski definition) is 2. The number of halogens is 1. The van der Waals surface area contributed by atoms with Crippen molar-refractivity contribution in [3.05, 3.63) is 30.0 Å². The van der Waals surface area contributed by atoms with Gasteiger partial charge in [0.05, 0.1) is 6.04 Å². The number of carbonyl (C=O) groups is 1. The summed E-state index contributed by atoms with van der Waals surface area (Å²) in [5.74, 6) is 0.0753. The fourth-order valence-electron chi connectivity index (χ4n) is 2.66. The van der Waals surface area contributed by atoms with Crippen LogP contribution >= 0.6 is 12.4 Å². The monoisotopic (exact) mass is 293 g/mol. The molecule has 1 saturated heterocycles. The van der Waals surface area contributed by atoms with E-state index in [2.05, 4.69) is 21.7 Å². The van der Waals surface area contributed by atoms with Gasteiger partial charge in [0.25, 0.3) is 0 Å². The van der Waals surface area contributed by atoms with Gasteiger partial charge in [0.1, 0.15) is 0 Å². The van der Waals surface area contributed by atoms with Crippen LogP contribution in [0.1, 0.15) is 25.0 Å². The molecular formula is C15H20ClN3O. The van der Waals surface area contributed by atoms with Crippen molar-refractivity contribution in [1.82, 2.24) is 10.3 Å². The molecule has 0 radical (unpaired) electrons. The van der Waals surface area contributed by atoms with Crippen LogP contribution in [0.25, 0.3) is 10.9 Å². The zero-order chi connectivity index (χ0) is 13.2. The van der Waals surface area contributed by atoms with Gasteiger partial charge in [-0.25, -0.2) is 0 Å². The molecule has 5 heteroatoms. The zero-order valence-electron chi connectivity index (χ0n) is 11.5. The number of aromatic amines is 1. The lowest BCUT2D eigenvalue weighted by atomic mass is 10.0. The zero-order valence-corrected chi connectivity index (χ0v) is 12.3. The van der Waals surface area contributed by atoms with Gasteiger partial charge in [-0.1, -0.05) is 6.42 Å². The lowest BCUT2D eigenvalue weighted by Crippen LogP contribution is -2.43. The van der Waals surface area contributed by atoms with Crippen molar-refractivity contribution >= 4 is 34.9 Å². The summed E-state index contributed by atoms with van der Waals surface area (Å²) in [5, 5.41) is 7.39. The van der Waals surface area contributed by atoms with Crippen LogP contribution in [0.5, 0.6) is 0 Å². The number of fused-ring (bicyclic) bond motifs is 1. The van der Waals surface area contributed by atoms with Gasteiger partial charge in [-0.15, -0.1) is 12.4 Å². The van der Waals surface area contributed by atoms with Gasteiger partial charge in [0, 0.05) is 22.3 Å². The SMILES string of the molecule is Cc1cc2cc(NC(=O)C3CCCCN3)ccc2[nH]1.Cl. The average molecular weight is 294 g/mol. The molecule has 4 nitrogen and oxygen atoms in total. The van der Waals surface area contributed by atoms with E-state index in [1.54, 1.807) is 0 Å². The van der Waals surface area contributed by atoms with Crippen molar-refractivity contribution in [2.24, 2.45) is 0 Å². The molecule has 1 aromatic carbocycles. The van der Waals surface area contributed by atoms with Gasteiger partial charge in [-0.3, -0.25) is 4.79 Å². The molecule has 3 rings (SSSR count). The molecule has 108 valence electrons. The van der Waals surface area contributed by atoms with Crippen molar-refractivity contribution in [3.8, 4) is 0 Å². The Hall–Kier alpha value is -1.52. The Bertz CT molecular complexity index is 602. The summed E-state index contributed by atoms with van der Waals surface area (Å²) >= 11 is 0. The fourth-order valence-corrected chi connectivity index (χ4v) is 2.66. The topological polar surface area (TPSA) is 56.9 Å². The summed E-state index contributed by atoms with van der Waals surface area (Å²) in [6.07, 6.45) is 3.22. The molecule has 1 amide bonds. The van der Waals surface area contributed by atoms with E-state index in [0.717, 1.165) is 41.7 Å². The predicted octanol–water partition coefficient (Wildman–Crippen LogP) is 2.98. The molecule has 1 aliphatic rings. The normalized spacial score (nSPS) is 18.6. The Morgan fingerprint density at radius 1 is 1.30 bits per heavy atom. The highest BCUT2D eigenvalue weighted by Gasteiger charge is 2.20.